The van der Waals surface area contributed by atoms with Crippen molar-refractivity contribution in [1.29, 1.82) is 0 Å². The number of hydrogen-bond donors (Lipinski definition) is 2. The number of rotatable bonds is 5. The van der Waals surface area contributed by atoms with Crippen LogP contribution in [-0.4, -0.2) is 46.7 Å². The van der Waals surface area contributed by atoms with Crippen molar-refractivity contribution in [2.75, 3.05) is 6.54 Å². The summed E-state index contributed by atoms with van der Waals surface area (Å²) in [7, 11) is 0.218. The summed E-state index contributed by atoms with van der Waals surface area (Å²) in [5.74, 6) is 0. The number of β-amino-alcohol motifs (C(OH)–C–C–N with tert-alkyl or cyclic N) is 1. The summed E-state index contributed by atoms with van der Waals surface area (Å²) < 4.78 is 0. The minimum atomic E-state index is -0.210. The fraction of sp³-hybridized carbons (Fsp3) is 1.00. The van der Waals surface area contributed by atoms with E-state index in [1.165, 1.54) is 0 Å². The average Bonchev–Trinajstić information content (AvgIpc) is 2.48. The van der Waals surface area contributed by atoms with Crippen molar-refractivity contribution in [3.05, 3.63) is 0 Å². The zero-order valence-corrected chi connectivity index (χ0v) is 10.2. The predicted octanol–water partition coefficient (Wildman–Crippen LogP) is 0.762. The van der Waals surface area contributed by atoms with E-state index in [1.807, 2.05) is 0 Å². The molecule has 3 nitrogen and oxygen atoms in total. The van der Waals surface area contributed by atoms with E-state index in [0.29, 0.717) is 6.04 Å². The highest BCUT2D eigenvalue weighted by Gasteiger charge is 2.38. The molecule has 1 saturated heterocycles. The normalized spacial score (nSPS) is 28.3. The van der Waals surface area contributed by atoms with E-state index < -0.39 is 0 Å². The largest absolute Gasteiger partial charge is 0.454 e. The lowest BCUT2D eigenvalue weighted by atomic mass is 9.86. The lowest BCUT2D eigenvalue weighted by Gasteiger charge is -2.39. The number of likely N-dealkylation sites (tertiary alicyclic amines) is 1. The van der Waals surface area contributed by atoms with Gasteiger partial charge in [-0.2, -0.15) is 0 Å². The van der Waals surface area contributed by atoms with E-state index in [-0.39, 0.29) is 19.1 Å². The molecule has 0 aromatic heterocycles. The number of hydrogen-bond acceptors (Lipinski definition) is 3. The number of aliphatic hydroxyl groups is 1. The summed E-state index contributed by atoms with van der Waals surface area (Å²) in [5.41, 5.74) is 0.145. The Morgan fingerprint density at radius 1 is 1.47 bits per heavy atom. The molecule has 0 bridgehead atoms. The van der Waals surface area contributed by atoms with E-state index in [4.69, 9.17) is 5.02 Å². The third-order valence-corrected chi connectivity index (χ3v) is 3.49. The van der Waals surface area contributed by atoms with Crippen LogP contribution in [-0.2, 0) is 0 Å². The summed E-state index contributed by atoms with van der Waals surface area (Å²) in [6, 6.07) is 0.353. The Labute approximate surface area is 93.8 Å². The molecule has 0 spiro atoms. The van der Waals surface area contributed by atoms with Crippen LogP contribution in [0.15, 0.2) is 0 Å². The van der Waals surface area contributed by atoms with Crippen LogP contribution in [0.3, 0.4) is 0 Å². The Balaban J connectivity index is 2.64. The van der Waals surface area contributed by atoms with Gasteiger partial charge >= 0.3 is 0 Å². The zero-order valence-electron chi connectivity index (χ0n) is 10.2. The monoisotopic (exact) mass is 213 g/mol. The predicted molar refractivity (Wildman–Crippen MR) is 64.3 cm³/mol. The SMILES string of the molecule is CCCC(C)(C)N1CC(O)CC1CBO. The van der Waals surface area contributed by atoms with Crippen molar-refractivity contribution in [3.8, 4) is 0 Å². The van der Waals surface area contributed by atoms with Crippen molar-refractivity contribution in [2.45, 2.75) is 64.0 Å². The molecule has 1 aliphatic rings. The molecule has 0 aromatic rings. The van der Waals surface area contributed by atoms with Gasteiger partial charge in [0.25, 0.3) is 7.48 Å². The molecule has 2 N–H and O–H groups in total. The maximum absolute atomic E-state index is 9.70. The van der Waals surface area contributed by atoms with Gasteiger partial charge in [-0.15, -0.1) is 0 Å². The molecule has 88 valence electrons. The van der Waals surface area contributed by atoms with Crippen molar-refractivity contribution < 1.29 is 10.1 Å². The molecule has 1 heterocycles. The standard InChI is InChI=1S/C11H24BNO2/c1-4-5-11(2,3)13-8-10(14)6-9(13)7-12-15/h9-10,12,14-15H,4-8H2,1-3H3. The Kier molecular flexibility index (Phi) is 4.62. The van der Waals surface area contributed by atoms with Gasteiger partial charge in [-0.3, -0.25) is 4.90 Å². The first kappa shape index (κ1) is 13.0. The van der Waals surface area contributed by atoms with Crippen molar-refractivity contribution in [1.82, 2.24) is 4.90 Å². The first-order valence-electron chi connectivity index (χ1n) is 6.07. The quantitative estimate of drug-likeness (QED) is 0.663. The molecule has 1 rings (SSSR count). The lowest BCUT2D eigenvalue weighted by molar-refractivity contribution is 0.0876. The van der Waals surface area contributed by atoms with Gasteiger partial charge in [0.05, 0.1) is 6.10 Å². The second-order valence-corrected chi connectivity index (χ2v) is 5.27. The second kappa shape index (κ2) is 5.33. The molecule has 0 radical (unpaired) electrons. The summed E-state index contributed by atoms with van der Waals surface area (Å²) in [5, 5.41) is 18.7. The zero-order chi connectivity index (χ0) is 11.5. The molecular weight excluding hydrogens is 189 g/mol. The van der Waals surface area contributed by atoms with Crippen molar-refractivity contribution >= 4 is 7.48 Å². The molecule has 0 aromatic carbocycles. The molecule has 2 atom stereocenters. The second-order valence-electron chi connectivity index (χ2n) is 5.27. The molecular formula is C11H24BNO2. The Hall–Kier alpha value is -0.0551. The van der Waals surface area contributed by atoms with Crippen LogP contribution >= 0.6 is 0 Å². The van der Waals surface area contributed by atoms with Crippen LogP contribution in [0, 0.1) is 0 Å². The highest BCUT2D eigenvalue weighted by molar-refractivity contribution is 6.25. The van der Waals surface area contributed by atoms with Gasteiger partial charge in [0.1, 0.15) is 0 Å². The van der Waals surface area contributed by atoms with E-state index >= 15 is 0 Å². The molecule has 0 amide bonds. The van der Waals surface area contributed by atoms with E-state index in [0.717, 1.165) is 32.1 Å². The summed E-state index contributed by atoms with van der Waals surface area (Å²) in [6.45, 7) is 7.42. The minimum absolute atomic E-state index is 0.145. The van der Waals surface area contributed by atoms with Gasteiger partial charge in [0.15, 0.2) is 0 Å². The van der Waals surface area contributed by atoms with Crippen LogP contribution < -0.4 is 0 Å². The third kappa shape index (κ3) is 3.20. The van der Waals surface area contributed by atoms with Gasteiger partial charge < -0.3 is 10.1 Å². The first-order valence-corrected chi connectivity index (χ1v) is 6.07. The molecule has 4 heteroatoms. The van der Waals surface area contributed by atoms with Crippen LogP contribution in [0.5, 0.6) is 0 Å². The Morgan fingerprint density at radius 3 is 2.67 bits per heavy atom. The van der Waals surface area contributed by atoms with Crippen LogP contribution in [0.25, 0.3) is 0 Å². The molecule has 2 unspecified atom stereocenters. The lowest BCUT2D eigenvalue weighted by Crippen LogP contribution is -2.47. The maximum Gasteiger partial charge on any atom is 0.272 e. The van der Waals surface area contributed by atoms with Crippen molar-refractivity contribution in [2.24, 2.45) is 0 Å². The summed E-state index contributed by atoms with van der Waals surface area (Å²) in [6.07, 6.45) is 3.68. The Bertz CT molecular complexity index is 199. The molecule has 15 heavy (non-hydrogen) atoms. The molecule has 0 saturated carbocycles. The van der Waals surface area contributed by atoms with Gasteiger partial charge in [-0.25, -0.2) is 0 Å². The average molecular weight is 213 g/mol. The maximum atomic E-state index is 9.70. The van der Waals surface area contributed by atoms with Crippen LogP contribution in [0.1, 0.15) is 40.0 Å². The number of aliphatic hydroxyl groups excluding tert-OH is 1. The first-order chi connectivity index (χ1) is 7.01. The fourth-order valence-electron chi connectivity index (χ4n) is 2.81. The molecule has 1 fully saturated rings. The van der Waals surface area contributed by atoms with Crippen LogP contribution in [0.4, 0.5) is 0 Å². The van der Waals surface area contributed by atoms with Crippen molar-refractivity contribution in [3.63, 3.8) is 0 Å². The minimum Gasteiger partial charge on any atom is -0.454 e. The van der Waals surface area contributed by atoms with Gasteiger partial charge in [-0.1, -0.05) is 13.3 Å². The smallest absolute Gasteiger partial charge is 0.272 e. The highest BCUT2D eigenvalue weighted by Crippen LogP contribution is 2.31. The number of nitrogens with zero attached hydrogens (tertiary/aromatic N) is 1. The fourth-order valence-corrected chi connectivity index (χ4v) is 2.81. The van der Waals surface area contributed by atoms with Gasteiger partial charge in [0.2, 0.25) is 0 Å². The van der Waals surface area contributed by atoms with E-state index in [9.17, 15) is 5.11 Å². The highest BCUT2D eigenvalue weighted by atomic mass is 16.3. The van der Waals surface area contributed by atoms with Gasteiger partial charge in [0, 0.05) is 18.1 Å². The van der Waals surface area contributed by atoms with Gasteiger partial charge in [-0.05, 0) is 33.0 Å². The Morgan fingerprint density at radius 2 is 2.13 bits per heavy atom. The molecule has 1 aliphatic heterocycles. The molecule has 0 aliphatic carbocycles. The topological polar surface area (TPSA) is 43.7 Å². The third-order valence-electron chi connectivity index (χ3n) is 3.49. The van der Waals surface area contributed by atoms with E-state index in [1.54, 1.807) is 0 Å². The summed E-state index contributed by atoms with van der Waals surface area (Å²) >= 11 is 0. The van der Waals surface area contributed by atoms with E-state index in [2.05, 4.69) is 25.7 Å². The van der Waals surface area contributed by atoms with Crippen LogP contribution in [0.2, 0.25) is 6.32 Å². The summed E-state index contributed by atoms with van der Waals surface area (Å²) in [4.78, 5) is 2.37.